The molecule has 0 bridgehead atoms. The molecule has 0 N–H and O–H groups in total. The summed E-state index contributed by atoms with van der Waals surface area (Å²) in [6.07, 6.45) is 6.38. The number of hydrogen-bond acceptors (Lipinski definition) is 5. The van der Waals surface area contributed by atoms with Gasteiger partial charge in [-0.05, 0) is 78.8 Å². The van der Waals surface area contributed by atoms with Gasteiger partial charge in [0, 0.05) is 28.9 Å². The van der Waals surface area contributed by atoms with E-state index < -0.39 is 0 Å². The van der Waals surface area contributed by atoms with Crippen LogP contribution in [0.5, 0.6) is 17.2 Å². The molecule has 0 unspecified atom stereocenters. The minimum absolute atomic E-state index is 0.0209. The quantitative estimate of drug-likeness (QED) is 0.193. The molecule has 3 aromatic carbocycles. The fourth-order valence-electron chi connectivity index (χ4n) is 7.21. The lowest BCUT2D eigenvalue weighted by Crippen LogP contribution is -2.32. The second-order valence-corrected chi connectivity index (χ2v) is 11.4. The van der Waals surface area contributed by atoms with Crippen molar-refractivity contribution in [3.8, 4) is 17.2 Å². The van der Waals surface area contributed by atoms with E-state index in [1.807, 2.05) is 25.1 Å². The van der Waals surface area contributed by atoms with Gasteiger partial charge in [0.2, 0.25) is 0 Å². The molecule has 5 rings (SSSR count). The van der Waals surface area contributed by atoms with Crippen LogP contribution in [-0.2, 0) is 14.9 Å². The summed E-state index contributed by atoms with van der Waals surface area (Å²) in [6.45, 7) is 8.65. The second-order valence-electron chi connectivity index (χ2n) is 11.4. The van der Waals surface area contributed by atoms with Gasteiger partial charge in [0.1, 0.15) is 17.3 Å². The molecule has 0 saturated heterocycles. The molecule has 0 fully saturated rings. The Kier molecular flexibility index (Phi) is 8.14. The minimum Gasteiger partial charge on any atom is -0.497 e. The zero-order valence-electron chi connectivity index (χ0n) is 26.2. The van der Waals surface area contributed by atoms with Crippen LogP contribution >= 0.6 is 0 Å². The molecule has 2 aliphatic rings. The summed E-state index contributed by atoms with van der Waals surface area (Å²) >= 11 is 0. The van der Waals surface area contributed by atoms with E-state index in [0.29, 0.717) is 11.5 Å². The van der Waals surface area contributed by atoms with Gasteiger partial charge in [-0.2, -0.15) is 0 Å². The Morgan fingerprint density at radius 2 is 1.40 bits per heavy atom. The van der Waals surface area contributed by atoms with Gasteiger partial charge in [0.05, 0.1) is 35.5 Å². The van der Waals surface area contributed by atoms with Crippen LogP contribution in [0, 0.1) is 19.8 Å². The normalized spacial score (nSPS) is 23.2. The van der Waals surface area contributed by atoms with E-state index in [1.165, 1.54) is 27.8 Å². The third kappa shape index (κ3) is 4.65. The van der Waals surface area contributed by atoms with Crippen LogP contribution in [0.3, 0.4) is 0 Å². The summed E-state index contributed by atoms with van der Waals surface area (Å²) in [6, 6.07) is 19.7. The Labute approximate surface area is 250 Å². The number of methoxy groups -OCH3 is 5. The van der Waals surface area contributed by atoms with Crippen LogP contribution in [0.1, 0.15) is 59.1 Å². The number of fused-ring (bicyclic) bond motifs is 3. The van der Waals surface area contributed by atoms with Crippen molar-refractivity contribution in [2.75, 3.05) is 35.5 Å². The molecule has 4 atom stereocenters. The van der Waals surface area contributed by atoms with Crippen LogP contribution < -0.4 is 14.2 Å². The van der Waals surface area contributed by atoms with E-state index in [0.717, 1.165) is 28.4 Å². The topological polar surface area (TPSA) is 46.2 Å². The Bertz CT molecular complexity index is 1560. The van der Waals surface area contributed by atoms with Crippen molar-refractivity contribution >= 4 is 0 Å². The van der Waals surface area contributed by atoms with Gasteiger partial charge in [0.25, 0.3) is 0 Å². The molecule has 0 saturated carbocycles. The van der Waals surface area contributed by atoms with Crippen LogP contribution in [0.15, 0.2) is 89.9 Å². The molecule has 3 aromatic rings. The third-order valence-corrected chi connectivity index (χ3v) is 9.19. The van der Waals surface area contributed by atoms with Gasteiger partial charge in [-0.1, -0.05) is 55.0 Å². The molecule has 5 heteroatoms. The Morgan fingerprint density at radius 1 is 0.738 bits per heavy atom. The van der Waals surface area contributed by atoms with Crippen molar-refractivity contribution in [3.63, 3.8) is 0 Å². The predicted octanol–water partition coefficient (Wildman–Crippen LogP) is 8.15. The van der Waals surface area contributed by atoms with E-state index in [1.54, 1.807) is 35.5 Å². The molecule has 42 heavy (non-hydrogen) atoms. The van der Waals surface area contributed by atoms with Crippen molar-refractivity contribution in [1.82, 2.24) is 0 Å². The molecule has 0 amide bonds. The van der Waals surface area contributed by atoms with Gasteiger partial charge in [-0.3, -0.25) is 0 Å². The number of rotatable bonds is 9. The SMILES string of the molecule is C/C=C(\C=C(\OC)C1=C[C@H]2[C@H](c3ccc(OC)c(OC)c3)c3c(OC)cc(C)cc3[C@@]2(C)[C@@H]1c1ccc(C)cc1)OC. The van der Waals surface area contributed by atoms with E-state index in [4.69, 9.17) is 23.7 Å². The van der Waals surface area contributed by atoms with E-state index in [9.17, 15) is 0 Å². The summed E-state index contributed by atoms with van der Waals surface area (Å²) in [5, 5.41) is 0. The zero-order valence-corrected chi connectivity index (χ0v) is 26.2. The summed E-state index contributed by atoms with van der Waals surface area (Å²) < 4.78 is 29.2. The second kappa shape index (κ2) is 11.6. The highest BCUT2D eigenvalue weighted by atomic mass is 16.5. The predicted molar refractivity (Wildman–Crippen MR) is 168 cm³/mol. The molecule has 0 heterocycles. The fraction of sp³-hybridized carbons (Fsp3) is 0.351. The van der Waals surface area contributed by atoms with Gasteiger partial charge in [0.15, 0.2) is 11.5 Å². The van der Waals surface area contributed by atoms with Gasteiger partial charge < -0.3 is 23.7 Å². The molecule has 2 aliphatic carbocycles. The number of benzene rings is 3. The Morgan fingerprint density at radius 3 is 2.00 bits per heavy atom. The molecule has 0 radical (unpaired) electrons. The van der Waals surface area contributed by atoms with Crippen LogP contribution in [-0.4, -0.2) is 35.5 Å². The van der Waals surface area contributed by atoms with Gasteiger partial charge >= 0.3 is 0 Å². The molecule has 0 spiro atoms. The first kappa shape index (κ1) is 29.4. The van der Waals surface area contributed by atoms with E-state index >= 15 is 0 Å². The largest absolute Gasteiger partial charge is 0.497 e. The molecule has 0 aliphatic heterocycles. The maximum absolute atomic E-state index is 6.13. The Balaban J connectivity index is 1.83. The highest BCUT2D eigenvalue weighted by Gasteiger charge is 2.59. The van der Waals surface area contributed by atoms with Crippen molar-refractivity contribution in [3.05, 3.63) is 123 Å². The van der Waals surface area contributed by atoms with Crippen molar-refractivity contribution in [2.45, 2.75) is 44.9 Å². The van der Waals surface area contributed by atoms with Crippen LogP contribution in [0.2, 0.25) is 0 Å². The van der Waals surface area contributed by atoms with Gasteiger partial charge in [-0.25, -0.2) is 0 Å². The van der Waals surface area contributed by atoms with Crippen molar-refractivity contribution in [2.24, 2.45) is 5.92 Å². The summed E-state index contributed by atoms with van der Waals surface area (Å²) in [5.41, 5.74) is 8.19. The molecule has 5 nitrogen and oxygen atoms in total. The number of aryl methyl sites for hydroxylation is 2. The smallest absolute Gasteiger partial charge is 0.161 e. The van der Waals surface area contributed by atoms with Crippen LogP contribution in [0.25, 0.3) is 0 Å². The van der Waals surface area contributed by atoms with Crippen LogP contribution in [0.4, 0.5) is 0 Å². The highest BCUT2D eigenvalue weighted by molar-refractivity contribution is 5.66. The summed E-state index contributed by atoms with van der Waals surface area (Å²) in [5.74, 6) is 4.05. The first-order chi connectivity index (χ1) is 20.2. The van der Waals surface area contributed by atoms with Gasteiger partial charge in [-0.15, -0.1) is 0 Å². The summed E-state index contributed by atoms with van der Waals surface area (Å²) in [4.78, 5) is 0. The van der Waals surface area contributed by atoms with Crippen molar-refractivity contribution < 1.29 is 23.7 Å². The first-order valence-corrected chi connectivity index (χ1v) is 14.4. The standard InChI is InChI=1S/C37H42O5/c1-10-26(38-5)20-31(40-7)27-21-29-34(25-15-16-30(39-6)32(19-25)41-8)35-28(17-23(3)18-33(35)42-9)37(29,4)36(27)24-13-11-22(2)12-14-24/h10-21,29,34,36H,1-9H3/b26-10+,31-20+/t29-,34-,36+,37+/m0/s1. The summed E-state index contributed by atoms with van der Waals surface area (Å²) in [7, 11) is 8.55. The zero-order chi connectivity index (χ0) is 30.2. The maximum atomic E-state index is 6.13. The number of hydrogen-bond donors (Lipinski definition) is 0. The molecule has 0 aromatic heterocycles. The maximum Gasteiger partial charge on any atom is 0.161 e. The average molecular weight is 567 g/mol. The molecule has 220 valence electrons. The lowest BCUT2D eigenvalue weighted by molar-refractivity contribution is 0.274. The average Bonchev–Trinajstić information content (AvgIpc) is 3.44. The molecular weight excluding hydrogens is 524 g/mol. The minimum atomic E-state index is -0.294. The molecular formula is C37H42O5. The Hall–Kier alpha value is -4.12. The fourth-order valence-corrected chi connectivity index (χ4v) is 7.21. The monoisotopic (exact) mass is 566 g/mol. The van der Waals surface area contributed by atoms with E-state index in [2.05, 4.69) is 75.4 Å². The highest BCUT2D eigenvalue weighted by Crippen LogP contribution is 2.67. The van der Waals surface area contributed by atoms with Crippen molar-refractivity contribution in [1.29, 1.82) is 0 Å². The van der Waals surface area contributed by atoms with E-state index in [-0.39, 0.29) is 23.2 Å². The lowest BCUT2D eigenvalue weighted by atomic mass is 9.66. The number of allylic oxidation sites excluding steroid dienone is 4. The third-order valence-electron chi connectivity index (χ3n) is 9.19. The lowest BCUT2D eigenvalue weighted by Gasteiger charge is -2.36. The first-order valence-electron chi connectivity index (χ1n) is 14.4. The number of ether oxygens (including phenoxy) is 5.